The van der Waals surface area contributed by atoms with Gasteiger partial charge in [0.15, 0.2) is 0 Å². The third-order valence-corrected chi connectivity index (χ3v) is 5.83. The van der Waals surface area contributed by atoms with E-state index in [-0.39, 0.29) is 0 Å². The van der Waals surface area contributed by atoms with E-state index >= 15 is 0 Å². The van der Waals surface area contributed by atoms with Gasteiger partial charge in [-0.25, -0.2) is 4.68 Å². The Kier molecular flexibility index (Phi) is 4.97. The van der Waals surface area contributed by atoms with Crippen molar-refractivity contribution in [3.8, 4) is 0 Å². The number of aromatic nitrogens is 3. The van der Waals surface area contributed by atoms with E-state index in [1.165, 1.54) is 69.2 Å². The third kappa shape index (κ3) is 3.49. The average Bonchev–Trinajstić information content (AvgIpc) is 2.90. The summed E-state index contributed by atoms with van der Waals surface area (Å²) in [5, 5.41) is 8.92. The molecule has 0 radical (unpaired) electrons. The summed E-state index contributed by atoms with van der Waals surface area (Å²) in [4.78, 5) is 0. The van der Waals surface area contributed by atoms with Gasteiger partial charge < -0.3 is 0 Å². The third-order valence-electron chi connectivity index (χ3n) is 5.83. The Morgan fingerprint density at radius 2 is 1.71 bits per heavy atom. The van der Waals surface area contributed by atoms with Crippen molar-refractivity contribution >= 4 is 0 Å². The van der Waals surface area contributed by atoms with Crippen LogP contribution < -0.4 is 0 Å². The van der Waals surface area contributed by atoms with Crippen LogP contribution in [-0.4, -0.2) is 15.0 Å². The van der Waals surface area contributed by atoms with Crippen molar-refractivity contribution in [2.24, 2.45) is 17.8 Å². The van der Waals surface area contributed by atoms with Gasteiger partial charge in [0.05, 0.1) is 11.4 Å². The van der Waals surface area contributed by atoms with Crippen molar-refractivity contribution in [3.63, 3.8) is 0 Å². The normalized spacial score (nSPS) is 27.6. The quantitative estimate of drug-likeness (QED) is 0.697. The van der Waals surface area contributed by atoms with E-state index in [2.05, 4.69) is 28.8 Å². The predicted octanol–water partition coefficient (Wildman–Crippen LogP) is 4.40. The van der Waals surface area contributed by atoms with E-state index in [9.17, 15) is 0 Å². The highest BCUT2D eigenvalue weighted by molar-refractivity contribution is 5.14. The van der Waals surface area contributed by atoms with Crippen LogP contribution in [0.15, 0.2) is 0 Å². The number of hydrogen-bond donors (Lipinski definition) is 0. The van der Waals surface area contributed by atoms with Gasteiger partial charge in [-0.1, -0.05) is 51.2 Å². The lowest BCUT2D eigenvalue weighted by Gasteiger charge is -2.10. The molecule has 0 N–H and O–H groups in total. The summed E-state index contributed by atoms with van der Waals surface area (Å²) in [5.41, 5.74) is 2.76. The lowest BCUT2D eigenvalue weighted by molar-refractivity contribution is 0.492. The minimum atomic E-state index is 0.967. The first-order valence-electron chi connectivity index (χ1n) is 9.22. The monoisotopic (exact) mass is 289 g/mol. The molecule has 0 spiro atoms. The lowest BCUT2D eigenvalue weighted by atomic mass is 10.0. The fourth-order valence-electron chi connectivity index (χ4n) is 4.26. The Morgan fingerprint density at radius 3 is 2.52 bits per heavy atom. The summed E-state index contributed by atoms with van der Waals surface area (Å²) >= 11 is 0. The summed E-state index contributed by atoms with van der Waals surface area (Å²) in [7, 11) is 0. The molecule has 3 nitrogen and oxygen atoms in total. The van der Waals surface area contributed by atoms with Crippen molar-refractivity contribution in [2.75, 3.05) is 0 Å². The lowest BCUT2D eigenvalue weighted by Crippen LogP contribution is -2.09. The van der Waals surface area contributed by atoms with Crippen LogP contribution >= 0.6 is 0 Å². The first-order chi connectivity index (χ1) is 10.3. The number of fused-ring (bicyclic) bond motifs is 2. The van der Waals surface area contributed by atoms with Gasteiger partial charge in [0.1, 0.15) is 0 Å². The van der Waals surface area contributed by atoms with Gasteiger partial charge >= 0.3 is 0 Å². The molecule has 0 aromatic carbocycles. The van der Waals surface area contributed by atoms with Crippen LogP contribution in [0, 0.1) is 17.8 Å². The molecule has 21 heavy (non-hydrogen) atoms. The fraction of sp³-hybridized carbons (Fsp3) is 0.889. The second-order valence-electron chi connectivity index (χ2n) is 7.24. The predicted molar refractivity (Wildman–Crippen MR) is 86.2 cm³/mol. The molecule has 3 atom stereocenters. The van der Waals surface area contributed by atoms with Crippen LogP contribution in [0.1, 0.15) is 76.6 Å². The molecule has 1 aromatic rings. The molecule has 1 saturated carbocycles. The van der Waals surface area contributed by atoms with Crippen LogP contribution in [0.4, 0.5) is 0 Å². The maximum Gasteiger partial charge on any atom is 0.0859 e. The van der Waals surface area contributed by atoms with Crippen molar-refractivity contribution in [1.29, 1.82) is 0 Å². The van der Waals surface area contributed by atoms with Gasteiger partial charge in [0.2, 0.25) is 0 Å². The number of hydrogen-bond acceptors (Lipinski definition) is 2. The van der Waals surface area contributed by atoms with Crippen LogP contribution in [0.5, 0.6) is 0 Å². The summed E-state index contributed by atoms with van der Waals surface area (Å²) < 4.78 is 2.22. The largest absolute Gasteiger partial charge is 0.249 e. The van der Waals surface area contributed by atoms with E-state index < -0.39 is 0 Å². The highest BCUT2D eigenvalue weighted by Gasteiger charge is 2.46. The van der Waals surface area contributed by atoms with Crippen molar-refractivity contribution in [2.45, 2.75) is 84.6 Å². The Hall–Kier alpha value is -0.860. The molecule has 1 heterocycles. The Labute approximate surface area is 129 Å². The van der Waals surface area contributed by atoms with Gasteiger partial charge in [0, 0.05) is 6.54 Å². The molecule has 0 bridgehead atoms. The molecule has 1 fully saturated rings. The minimum absolute atomic E-state index is 0.967. The summed E-state index contributed by atoms with van der Waals surface area (Å²) in [6, 6.07) is 0. The van der Waals surface area contributed by atoms with Gasteiger partial charge in [-0.2, -0.15) is 0 Å². The van der Waals surface area contributed by atoms with Crippen LogP contribution in [0.2, 0.25) is 0 Å². The zero-order valence-electron chi connectivity index (χ0n) is 13.9. The number of unbranched alkanes of at least 4 members (excludes halogenated alkanes) is 5. The second-order valence-corrected chi connectivity index (χ2v) is 7.24. The molecule has 3 heteroatoms. The molecule has 1 aromatic heterocycles. The van der Waals surface area contributed by atoms with Crippen LogP contribution in [-0.2, 0) is 19.4 Å². The molecule has 0 saturated heterocycles. The topological polar surface area (TPSA) is 30.7 Å². The molecule has 2 aliphatic rings. The Bertz CT molecular complexity index is 451. The zero-order chi connectivity index (χ0) is 14.7. The van der Waals surface area contributed by atoms with E-state index in [4.69, 9.17) is 0 Å². The van der Waals surface area contributed by atoms with E-state index in [1.807, 2.05) is 0 Å². The number of nitrogens with zero attached hydrogens (tertiary/aromatic N) is 3. The number of aryl methyl sites for hydroxylation is 2. The molecule has 118 valence electrons. The van der Waals surface area contributed by atoms with Crippen molar-refractivity contribution in [1.82, 2.24) is 15.0 Å². The smallest absolute Gasteiger partial charge is 0.0859 e. The summed E-state index contributed by atoms with van der Waals surface area (Å²) in [6.07, 6.45) is 13.2. The van der Waals surface area contributed by atoms with E-state index in [0.717, 1.165) is 30.7 Å². The molecule has 3 unspecified atom stereocenters. The van der Waals surface area contributed by atoms with Crippen LogP contribution in [0.3, 0.4) is 0 Å². The molecular formula is C18H31N3. The standard InChI is InChI=1S/C18H31N3/c1-3-4-5-6-7-8-13-21-18-12-10-16-14(2)15(16)9-11-17(18)19-20-21/h14-16H,3-13H2,1-2H3. The SMILES string of the molecule is CCCCCCCCn1nnc2c1CCC1C(C)C1CC2. The summed E-state index contributed by atoms with van der Waals surface area (Å²) in [6.45, 7) is 5.79. The number of rotatable bonds is 7. The molecule has 2 aliphatic carbocycles. The van der Waals surface area contributed by atoms with Crippen molar-refractivity contribution < 1.29 is 0 Å². The molecule has 0 amide bonds. The molecular weight excluding hydrogens is 258 g/mol. The fourth-order valence-corrected chi connectivity index (χ4v) is 4.26. The highest BCUT2D eigenvalue weighted by atomic mass is 15.4. The average molecular weight is 289 g/mol. The summed E-state index contributed by atoms with van der Waals surface area (Å²) in [5.74, 6) is 2.95. The maximum atomic E-state index is 4.48. The first-order valence-corrected chi connectivity index (χ1v) is 9.22. The minimum Gasteiger partial charge on any atom is -0.249 e. The van der Waals surface area contributed by atoms with E-state index in [0.29, 0.717) is 0 Å². The van der Waals surface area contributed by atoms with E-state index in [1.54, 1.807) is 0 Å². The van der Waals surface area contributed by atoms with Crippen LogP contribution in [0.25, 0.3) is 0 Å². The first kappa shape index (κ1) is 15.1. The zero-order valence-corrected chi connectivity index (χ0v) is 13.9. The highest BCUT2D eigenvalue weighted by Crippen LogP contribution is 2.52. The van der Waals surface area contributed by atoms with Gasteiger partial charge in [-0.15, -0.1) is 5.10 Å². The Balaban J connectivity index is 1.49. The van der Waals surface area contributed by atoms with Crippen molar-refractivity contribution in [3.05, 3.63) is 11.4 Å². The Morgan fingerprint density at radius 1 is 1.00 bits per heavy atom. The van der Waals surface area contributed by atoms with Gasteiger partial charge in [-0.3, -0.25) is 0 Å². The molecule has 0 aliphatic heterocycles. The van der Waals surface area contributed by atoms with Gasteiger partial charge in [-0.05, 0) is 49.9 Å². The second kappa shape index (κ2) is 6.93. The molecule has 3 rings (SSSR count). The maximum absolute atomic E-state index is 4.48. The van der Waals surface area contributed by atoms with Gasteiger partial charge in [0.25, 0.3) is 0 Å².